The minimum atomic E-state index is -0.200. The second kappa shape index (κ2) is 12.3. The molecule has 0 fully saturated rings. The number of hydrogen-bond donors (Lipinski definition) is 3. The van der Waals surface area contributed by atoms with Gasteiger partial charge in [0.05, 0.1) is 0 Å². The molecule has 3 N–H and O–H groups in total. The molecule has 8 nitrogen and oxygen atoms in total. The van der Waals surface area contributed by atoms with Gasteiger partial charge in [0.2, 0.25) is 12.2 Å². The van der Waals surface area contributed by atoms with E-state index in [0.29, 0.717) is 31.2 Å². The Labute approximate surface area is 187 Å². The van der Waals surface area contributed by atoms with Gasteiger partial charge < -0.3 is 20.7 Å². The second-order valence-electron chi connectivity index (χ2n) is 6.70. The van der Waals surface area contributed by atoms with E-state index in [4.69, 9.17) is 10.00 Å². The molecule has 0 aliphatic carbocycles. The molecule has 1 heterocycles. The summed E-state index contributed by atoms with van der Waals surface area (Å²) < 4.78 is 5.75. The molecule has 3 rings (SSSR count). The number of rotatable bonds is 9. The number of guanidine groups is 1. The Balaban J connectivity index is 1.39. The number of benzene rings is 2. The predicted octanol–water partition coefficient (Wildman–Crippen LogP) is 3.17. The quantitative estimate of drug-likeness (QED) is 0.209. The van der Waals surface area contributed by atoms with Crippen LogP contribution in [0.3, 0.4) is 0 Å². The maximum atomic E-state index is 12.2. The first-order valence-corrected chi connectivity index (χ1v) is 10.2. The van der Waals surface area contributed by atoms with E-state index >= 15 is 0 Å². The summed E-state index contributed by atoms with van der Waals surface area (Å²) in [6.45, 7) is 0.920. The first kappa shape index (κ1) is 22.3. The van der Waals surface area contributed by atoms with Gasteiger partial charge in [0, 0.05) is 36.7 Å². The number of carbonyl (C=O) groups excluding carboxylic acids is 1. The molecule has 0 unspecified atom stereocenters. The predicted molar refractivity (Wildman–Crippen MR) is 124 cm³/mol. The summed E-state index contributed by atoms with van der Waals surface area (Å²) in [7, 11) is 0. The maximum Gasteiger partial charge on any atom is 0.257 e. The average Bonchev–Trinajstić information content (AvgIpc) is 2.84. The Hall–Kier alpha value is -4.38. The highest BCUT2D eigenvalue weighted by Crippen LogP contribution is 2.29. The van der Waals surface area contributed by atoms with Gasteiger partial charge in [0.1, 0.15) is 5.75 Å². The molecule has 0 saturated heterocycles. The maximum absolute atomic E-state index is 12.2. The van der Waals surface area contributed by atoms with Gasteiger partial charge >= 0.3 is 0 Å². The Morgan fingerprint density at radius 1 is 0.969 bits per heavy atom. The number of pyridine rings is 1. The number of aliphatic imine (C=N–C) groups is 1. The lowest BCUT2D eigenvalue weighted by atomic mass is 10.1. The van der Waals surface area contributed by atoms with E-state index in [1.54, 1.807) is 30.7 Å². The molecule has 8 heteroatoms. The lowest BCUT2D eigenvalue weighted by Gasteiger charge is -2.12. The van der Waals surface area contributed by atoms with E-state index in [0.717, 1.165) is 16.8 Å². The van der Waals surface area contributed by atoms with Crippen LogP contribution in [0.15, 0.2) is 84.1 Å². The molecule has 0 aliphatic rings. The fraction of sp³-hybridized carbons (Fsp3) is 0.167. The van der Waals surface area contributed by atoms with Crippen molar-refractivity contribution in [1.29, 1.82) is 5.26 Å². The molecule has 3 aromatic rings. The summed E-state index contributed by atoms with van der Waals surface area (Å²) in [4.78, 5) is 19.8. The lowest BCUT2D eigenvalue weighted by molar-refractivity contribution is -0.123. The minimum Gasteiger partial charge on any atom is -0.483 e. The number of amides is 1. The number of nitrogens with zero attached hydrogens (tertiary/aromatic N) is 3. The normalized spacial score (nSPS) is 10.7. The molecular weight excluding hydrogens is 404 g/mol. The topological polar surface area (TPSA) is 111 Å². The number of carbonyl (C=O) groups is 1. The number of aromatic nitrogens is 1. The molecule has 1 aromatic heterocycles. The Bertz CT molecular complexity index is 1060. The second-order valence-corrected chi connectivity index (χ2v) is 6.70. The molecule has 2 aromatic carbocycles. The first-order valence-electron chi connectivity index (χ1n) is 10.2. The van der Waals surface area contributed by atoms with Crippen molar-refractivity contribution in [3.05, 3.63) is 79.1 Å². The average molecular weight is 428 g/mol. The van der Waals surface area contributed by atoms with Crippen LogP contribution in [0.25, 0.3) is 11.1 Å². The van der Waals surface area contributed by atoms with Gasteiger partial charge in [-0.1, -0.05) is 48.5 Å². The van der Waals surface area contributed by atoms with Gasteiger partial charge in [0.15, 0.2) is 6.61 Å². The Kier molecular flexibility index (Phi) is 8.61. The van der Waals surface area contributed by atoms with Crippen LogP contribution < -0.4 is 20.7 Å². The highest BCUT2D eigenvalue weighted by Gasteiger charge is 2.08. The fourth-order valence-electron chi connectivity index (χ4n) is 2.90. The molecule has 0 aliphatic heterocycles. The SMILES string of the molecule is N#C/N=C(/NCCCNC(=O)COc1ccccc1-c1ccccc1)Nc1ccncc1. The smallest absolute Gasteiger partial charge is 0.257 e. The van der Waals surface area contributed by atoms with Crippen molar-refractivity contribution in [3.8, 4) is 23.1 Å². The Morgan fingerprint density at radius 2 is 1.69 bits per heavy atom. The third kappa shape index (κ3) is 7.15. The van der Waals surface area contributed by atoms with Gasteiger partial charge in [-0.3, -0.25) is 9.78 Å². The standard InChI is InChI=1S/C24H24N6O2/c25-18-29-24(30-20-11-15-26-16-12-20)28-14-6-13-27-23(31)17-32-22-10-5-4-9-21(22)19-7-2-1-3-8-19/h1-5,7-12,15-16H,6,13-14,17H2,(H,27,31)(H2,26,28,29,30). The van der Waals surface area contributed by atoms with Crippen LogP contribution in [-0.4, -0.2) is 36.5 Å². The summed E-state index contributed by atoms with van der Waals surface area (Å²) in [5.41, 5.74) is 2.74. The molecule has 0 spiro atoms. The van der Waals surface area contributed by atoms with Gasteiger partial charge in [0.25, 0.3) is 5.91 Å². The van der Waals surface area contributed by atoms with Crippen LogP contribution in [0, 0.1) is 11.5 Å². The van der Waals surface area contributed by atoms with Crippen LogP contribution >= 0.6 is 0 Å². The van der Waals surface area contributed by atoms with Crippen molar-refractivity contribution in [3.63, 3.8) is 0 Å². The molecule has 0 bridgehead atoms. The van der Waals surface area contributed by atoms with E-state index in [-0.39, 0.29) is 12.5 Å². The van der Waals surface area contributed by atoms with Crippen molar-refractivity contribution < 1.29 is 9.53 Å². The lowest BCUT2D eigenvalue weighted by Crippen LogP contribution is -2.35. The number of nitriles is 1. The zero-order valence-corrected chi connectivity index (χ0v) is 17.5. The third-order valence-electron chi connectivity index (χ3n) is 4.40. The van der Waals surface area contributed by atoms with Gasteiger partial charge in [-0.2, -0.15) is 5.26 Å². The van der Waals surface area contributed by atoms with Crippen LogP contribution in [-0.2, 0) is 4.79 Å². The van der Waals surface area contributed by atoms with Gasteiger partial charge in [-0.05, 0) is 30.2 Å². The molecule has 1 amide bonds. The molecule has 0 saturated carbocycles. The van der Waals surface area contributed by atoms with Crippen molar-refractivity contribution in [1.82, 2.24) is 15.6 Å². The minimum absolute atomic E-state index is 0.0674. The van der Waals surface area contributed by atoms with E-state index in [1.165, 1.54) is 0 Å². The number of nitrogens with one attached hydrogen (secondary N) is 3. The highest BCUT2D eigenvalue weighted by molar-refractivity contribution is 5.94. The summed E-state index contributed by atoms with van der Waals surface area (Å²) in [6, 6.07) is 21.1. The van der Waals surface area contributed by atoms with Crippen LogP contribution in [0.4, 0.5) is 5.69 Å². The third-order valence-corrected chi connectivity index (χ3v) is 4.40. The van der Waals surface area contributed by atoms with Gasteiger partial charge in [-0.15, -0.1) is 4.99 Å². The molecule has 0 atom stereocenters. The summed E-state index contributed by atoms with van der Waals surface area (Å²) in [6.07, 6.45) is 5.69. The van der Waals surface area contributed by atoms with E-state index < -0.39 is 0 Å². The first-order chi connectivity index (χ1) is 15.8. The highest BCUT2D eigenvalue weighted by atomic mass is 16.5. The molecular formula is C24H24N6O2. The summed E-state index contributed by atoms with van der Waals surface area (Å²) in [5.74, 6) is 0.801. The van der Waals surface area contributed by atoms with Crippen LogP contribution in [0.2, 0.25) is 0 Å². The summed E-state index contributed by atoms with van der Waals surface area (Å²) >= 11 is 0. The van der Waals surface area contributed by atoms with Crippen molar-refractivity contribution >= 4 is 17.6 Å². The number of anilines is 1. The Morgan fingerprint density at radius 3 is 2.47 bits per heavy atom. The van der Waals surface area contributed by atoms with E-state index in [1.807, 2.05) is 54.6 Å². The summed E-state index contributed by atoms with van der Waals surface area (Å²) in [5, 5.41) is 17.7. The number of ether oxygens (including phenoxy) is 1. The molecule has 162 valence electrons. The van der Waals surface area contributed by atoms with E-state index in [9.17, 15) is 4.79 Å². The molecule has 32 heavy (non-hydrogen) atoms. The number of para-hydroxylation sites is 1. The van der Waals surface area contributed by atoms with Crippen LogP contribution in [0.1, 0.15) is 6.42 Å². The molecule has 0 radical (unpaired) electrons. The fourth-order valence-corrected chi connectivity index (χ4v) is 2.90. The van der Waals surface area contributed by atoms with Gasteiger partial charge in [-0.25, -0.2) is 0 Å². The van der Waals surface area contributed by atoms with Crippen molar-refractivity contribution in [2.24, 2.45) is 4.99 Å². The monoisotopic (exact) mass is 428 g/mol. The zero-order chi connectivity index (χ0) is 22.4. The van der Waals surface area contributed by atoms with Crippen LogP contribution in [0.5, 0.6) is 5.75 Å². The zero-order valence-electron chi connectivity index (χ0n) is 17.5. The van der Waals surface area contributed by atoms with E-state index in [2.05, 4.69) is 25.9 Å². The van der Waals surface area contributed by atoms with Crippen molar-refractivity contribution in [2.45, 2.75) is 6.42 Å². The van der Waals surface area contributed by atoms with Crippen molar-refractivity contribution in [2.75, 3.05) is 25.0 Å². The number of hydrogen-bond acceptors (Lipinski definition) is 5. The largest absolute Gasteiger partial charge is 0.483 e.